The predicted molar refractivity (Wildman–Crippen MR) is 169 cm³/mol. The molecule has 2 N–H and O–H groups in total. The molecule has 0 aliphatic carbocycles. The van der Waals surface area contributed by atoms with Crippen molar-refractivity contribution in [3.05, 3.63) is 65.2 Å². The largest absolute Gasteiger partial charge is 0.419 e. The van der Waals surface area contributed by atoms with E-state index < -0.39 is 58.6 Å². The summed E-state index contributed by atoms with van der Waals surface area (Å²) in [6.07, 6.45) is -0.328. The summed E-state index contributed by atoms with van der Waals surface area (Å²) in [6.45, 7) is 6.18. The lowest BCUT2D eigenvalue weighted by Crippen LogP contribution is -2.60. The highest BCUT2D eigenvalue weighted by molar-refractivity contribution is 6.23. The SMILES string of the molecule is CC(C)(C(=O)Nc1cnc(C#N)c(C(F)(F)F)c1)n1cc(N2CC(C3CN(c4ccc5c(c4)C(=O)N(C4CCC(=O)NC4=O)C5=O)C3)C2)cn1. The molecule has 2 aromatic heterocycles. The highest BCUT2D eigenvalue weighted by Crippen LogP contribution is 2.39. The molecule has 6 heterocycles. The molecule has 1 aromatic carbocycles. The third kappa shape index (κ3) is 5.50. The maximum Gasteiger partial charge on any atom is 0.419 e. The highest BCUT2D eigenvalue weighted by Gasteiger charge is 2.46. The molecule has 3 saturated heterocycles. The Labute approximate surface area is 282 Å². The molecule has 50 heavy (non-hydrogen) atoms. The summed E-state index contributed by atoms with van der Waals surface area (Å²) in [4.78, 5) is 72.0. The number of pyridine rings is 1. The van der Waals surface area contributed by atoms with E-state index in [1.165, 1.54) is 10.8 Å². The van der Waals surface area contributed by atoms with Crippen LogP contribution in [0.5, 0.6) is 0 Å². The molecule has 0 radical (unpaired) electrons. The molecule has 0 bridgehead atoms. The van der Waals surface area contributed by atoms with E-state index in [0.29, 0.717) is 17.9 Å². The molecule has 17 heteroatoms. The summed E-state index contributed by atoms with van der Waals surface area (Å²) >= 11 is 0. The number of halogens is 3. The summed E-state index contributed by atoms with van der Waals surface area (Å²) < 4.78 is 41.5. The van der Waals surface area contributed by atoms with Gasteiger partial charge in [0.15, 0.2) is 5.69 Å². The van der Waals surface area contributed by atoms with Crippen molar-refractivity contribution in [2.75, 3.05) is 41.3 Å². The Morgan fingerprint density at radius 3 is 2.26 bits per heavy atom. The molecule has 5 amide bonds. The van der Waals surface area contributed by atoms with Crippen molar-refractivity contribution in [1.82, 2.24) is 25.0 Å². The van der Waals surface area contributed by atoms with E-state index in [4.69, 9.17) is 5.26 Å². The lowest BCUT2D eigenvalue weighted by Gasteiger charge is -2.52. The Morgan fingerprint density at radius 1 is 0.960 bits per heavy atom. The zero-order valence-electron chi connectivity index (χ0n) is 26.8. The van der Waals surface area contributed by atoms with Crippen LogP contribution in [-0.2, 0) is 26.1 Å². The summed E-state index contributed by atoms with van der Waals surface area (Å²) in [5.41, 5.74) is -1.43. The molecule has 3 aromatic rings. The van der Waals surface area contributed by atoms with Crippen molar-refractivity contribution >= 4 is 46.6 Å². The van der Waals surface area contributed by atoms with Crippen LogP contribution in [0.15, 0.2) is 42.9 Å². The molecule has 0 spiro atoms. The van der Waals surface area contributed by atoms with E-state index in [9.17, 15) is 37.1 Å². The van der Waals surface area contributed by atoms with Gasteiger partial charge in [0.05, 0.1) is 40.5 Å². The third-order valence-electron chi connectivity index (χ3n) is 9.89. The number of rotatable bonds is 7. The van der Waals surface area contributed by atoms with E-state index in [0.717, 1.165) is 48.7 Å². The Balaban J connectivity index is 0.932. The number of amides is 5. The van der Waals surface area contributed by atoms with Gasteiger partial charge in [-0.05, 0) is 44.5 Å². The van der Waals surface area contributed by atoms with Gasteiger partial charge in [-0.3, -0.25) is 38.9 Å². The Bertz CT molecular complexity index is 2010. The van der Waals surface area contributed by atoms with Crippen LogP contribution in [0.2, 0.25) is 0 Å². The number of nitriles is 1. The monoisotopic (exact) mass is 689 g/mol. The Morgan fingerprint density at radius 2 is 1.62 bits per heavy atom. The summed E-state index contributed by atoms with van der Waals surface area (Å²) in [6, 6.07) is 6.15. The second-order valence-electron chi connectivity index (χ2n) is 13.4. The van der Waals surface area contributed by atoms with Crippen LogP contribution in [0.4, 0.5) is 30.2 Å². The summed E-state index contributed by atoms with van der Waals surface area (Å²) in [5, 5.41) is 18.0. The highest BCUT2D eigenvalue weighted by atomic mass is 19.4. The molecule has 4 aliphatic rings. The van der Waals surface area contributed by atoms with Crippen molar-refractivity contribution < 1.29 is 37.1 Å². The van der Waals surface area contributed by atoms with Crippen molar-refractivity contribution in [2.45, 2.75) is 44.4 Å². The van der Waals surface area contributed by atoms with Crippen molar-refractivity contribution in [3.63, 3.8) is 0 Å². The van der Waals surface area contributed by atoms with Crippen molar-refractivity contribution in [1.29, 1.82) is 5.26 Å². The van der Waals surface area contributed by atoms with Gasteiger partial charge in [0.1, 0.15) is 17.6 Å². The number of alkyl halides is 3. The molecule has 0 saturated carbocycles. The van der Waals surface area contributed by atoms with Gasteiger partial charge in [-0.2, -0.15) is 23.5 Å². The number of fused-ring (bicyclic) bond motifs is 1. The molecular weight excluding hydrogens is 659 g/mol. The van der Waals surface area contributed by atoms with Crippen LogP contribution in [0, 0.1) is 23.2 Å². The lowest BCUT2D eigenvalue weighted by molar-refractivity contribution is -0.138. The average molecular weight is 690 g/mol. The molecule has 1 atom stereocenters. The maximum atomic E-state index is 13.4. The fourth-order valence-corrected chi connectivity index (χ4v) is 6.71. The number of hydrogen-bond donors (Lipinski definition) is 2. The molecule has 3 fully saturated rings. The summed E-state index contributed by atoms with van der Waals surface area (Å²) in [5.74, 6) is -2.02. The van der Waals surface area contributed by atoms with E-state index >= 15 is 0 Å². The summed E-state index contributed by atoms with van der Waals surface area (Å²) in [7, 11) is 0. The van der Waals surface area contributed by atoms with Gasteiger partial charge in [0.25, 0.3) is 17.7 Å². The fourth-order valence-electron chi connectivity index (χ4n) is 6.71. The van der Waals surface area contributed by atoms with Crippen LogP contribution < -0.4 is 20.4 Å². The fraction of sp³-hybridized carbons (Fsp3) is 0.394. The number of benzene rings is 1. The normalized spacial score (nSPS) is 19.9. The standard InChI is InChI=1S/C33H30F3N9O5/c1-32(2,31(50)40-19-7-24(33(34,35)36)25(9-37)38-10-19)44-16-21(11-39-44)43-14-18(15-43)17-12-42(13-17)20-3-4-22-23(8-20)30(49)45(29(22)48)26-5-6-27(46)41-28(26)47/h3-4,7-8,10-11,16-18,26H,5-6,12-15H2,1-2H3,(H,40,50)(H,41,46,47). The molecular formula is C33H30F3N9O5. The molecule has 7 rings (SSSR count). The van der Waals surface area contributed by atoms with E-state index in [2.05, 4.69) is 30.5 Å². The first-order valence-corrected chi connectivity index (χ1v) is 15.8. The van der Waals surface area contributed by atoms with Crippen LogP contribution in [-0.4, -0.2) is 81.4 Å². The topological polar surface area (TPSA) is 174 Å². The van der Waals surface area contributed by atoms with Gasteiger partial charge in [-0.1, -0.05) is 0 Å². The van der Waals surface area contributed by atoms with E-state index in [-0.39, 0.29) is 29.7 Å². The first-order valence-electron chi connectivity index (χ1n) is 15.8. The number of carbonyl (C=O) groups is 5. The molecule has 258 valence electrons. The predicted octanol–water partition coefficient (Wildman–Crippen LogP) is 2.52. The van der Waals surface area contributed by atoms with Crippen LogP contribution >= 0.6 is 0 Å². The first-order chi connectivity index (χ1) is 23.6. The lowest BCUT2D eigenvalue weighted by atomic mass is 9.80. The molecule has 14 nitrogen and oxygen atoms in total. The van der Waals surface area contributed by atoms with Gasteiger partial charge in [0, 0.05) is 56.3 Å². The van der Waals surface area contributed by atoms with Crippen LogP contribution in [0.3, 0.4) is 0 Å². The van der Waals surface area contributed by atoms with Gasteiger partial charge in [-0.15, -0.1) is 0 Å². The maximum absolute atomic E-state index is 13.4. The number of carbonyl (C=O) groups excluding carboxylic acids is 5. The Kier molecular flexibility index (Phi) is 7.64. The molecule has 1 unspecified atom stereocenters. The minimum atomic E-state index is -4.81. The second-order valence-corrected chi connectivity index (χ2v) is 13.4. The van der Waals surface area contributed by atoms with Crippen LogP contribution in [0.1, 0.15) is 58.7 Å². The number of anilines is 3. The Hall–Kier alpha value is -5.79. The van der Waals surface area contributed by atoms with Gasteiger partial charge in [0.2, 0.25) is 11.8 Å². The average Bonchev–Trinajstić information content (AvgIpc) is 3.60. The number of hydrogen-bond acceptors (Lipinski definition) is 10. The second kappa shape index (κ2) is 11.7. The zero-order chi connectivity index (χ0) is 35.7. The first kappa shape index (κ1) is 32.7. The number of aromatic nitrogens is 3. The molecule has 4 aliphatic heterocycles. The third-order valence-corrected chi connectivity index (χ3v) is 9.89. The number of nitrogens with zero attached hydrogens (tertiary/aromatic N) is 7. The van der Waals surface area contributed by atoms with Crippen LogP contribution in [0.25, 0.3) is 0 Å². The van der Waals surface area contributed by atoms with Gasteiger partial charge < -0.3 is 15.1 Å². The zero-order valence-corrected chi connectivity index (χ0v) is 26.8. The van der Waals surface area contributed by atoms with Gasteiger partial charge in [-0.25, -0.2) is 4.98 Å². The number of piperidine rings is 1. The van der Waals surface area contributed by atoms with E-state index in [1.54, 1.807) is 44.4 Å². The minimum absolute atomic E-state index is 0.0526. The van der Waals surface area contributed by atoms with E-state index in [1.807, 2.05) is 0 Å². The smallest absolute Gasteiger partial charge is 0.371 e. The minimum Gasteiger partial charge on any atom is -0.371 e. The quantitative estimate of drug-likeness (QED) is 0.351. The number of nitrogens with one attached hydrogen (secondary N) is 2. The van der Waals surface area contributed by atoms with Crippen molar-refractivity contribution in [3.8, 4) is 6.07 Å². The van der Waals surface area contributed by atoms with Gasteiger partial charge >= 0.3 is 6.18 Å². The van der Waals surface area contributed by atoms with Crippen molar-refractivity contribution in [2.24, 2.45) is 11.8 Å². The number of imide groups is 2.